The zero-order valence-electron chi connectivity index (χ0n) is 9.33. The first-order chi connectivity index (χ1) is 8.04. The van der Waals surface area contributed by atoms with Gasteiger partial charge in [-0.2, -0.15) is 0 Å². The van der Waals surface area contributed by atoms with Crippen LogP contribution in [-0.2, 0) is 9.53 Å². The summed E-state index contributed by atoms with van der Waals surface area (Å²) in [5.74, 6) is -0.759. The van der Waals surface area contributed by atoms with Gasteiger partial charge in [-0.3, -0.25) is 4.79 Å². The second kappa shape index (κ2) is 6.10. The van der Waals surface area contributed by atoms with Gasteiger partial charge >= 0.3 is 5.97 Å². The molecule has 1 aromatic rings. The molecule has 0 aliphatic rings. The zero-order valence-corrected chi connectivity index (χ0v) is 10.1. The molecule has 3 N–H and O–H groups in total. The van der Waals surface area contributed by atoms with Gasteiger partial charge in [-0.15, -0.1) is 0 Å². The van der Waals surface area contributed by atoms with Crippen molar-refractivity contribution in [3.8, 4) is 0 Å². The van der Waals surface area contributed by atoms with Crippen LogP contribution in [0.15, 0.2) is 18.2 Å². The predicted octanol–water partition coefficient (Wildman–Crippen LogP) is 1.22. The van der Waals surface area contributed by atoms with Crippen molar-refractivity contribution < 1.29 is 14.3 Å². The summed E-state index contributed by atoms with van der Waals surface area (Å²) in [6.07, 6.45) is 0.121. The van der Waals surface area contributed by atoms with Crippen molar-refractivity contribution >= 4 is 29.2 Å². The molecule has 0 bridgehead atoms. The summed E-state index contributed by atoms with van der Waals surface area (Å²) in [6, 6.07) is 4.50. The van der Waals surface area contributed by atoms with Crippen molar-refractivity contribution in [1.29, 1.82) is 0 Å². The molecule has 1 aromatic carbocycles. The molecule has 0 spiro atoms. The van der Waals surface area contributed by atoms with Crippen molar-refractivity contribution in [3.63, 3.8) is 0 Å². The number of carbonyl (C=O) groups is 2. The summed E-state index contributed by atoms with van der Waals surface area (Å²) < 4.78 is 4.90. The molecule has 0 fully saturated rings. The number of halogens is 1. The fraction of sp³-hybridized carbons (Fsp3) is 0.273. The van der Waals surface area contributed by atoms with Crippen LogP contribution >= 0.6 is 11.6 Å². The maximum Gasteiger partial charge on any atom is 0.340 e. The van der Waals surface area contributed by atoms with Crippen molar-refractivity contribution in [3.05, 3.63) is 28.8 Å². The number of nitrogen functional groups attached to an aromatic ring is 1. The van der Waals surface area contributed by atoms with E-state index in [2.05, 4.69) is 5.32 Å². The smallest absolute Gasteiger partial charge is 0.340 e. The van der Waals surface area contributed by atoms with Gasteiger partial charge in [0, 0.05) is 17.8 Å². The van der Waals surface area contributed by atoms with E-state index in [1.807, 2.05) is 0 Å². The first kappa shape index (κ1) is 13.3. The lowest BCUT2D eigenvalue weighted by molar-refractivity contribution is -0.121. The van der Waals surface area contributed by atoms with E-state index < -0.39 is 5.97 Å². The van der Waals surface area contributed by atoms with Crippen molar-refractivity contribution in [1.82, 2.24) is 5.32 Å². The molecular weight excluding hydrogens is 244 g/mol. The average molecular weight is 257 g/mol. The quantitative estimate of drug-likeness (QED) is 0.627. The number of carbonyl (C=O) groups excluding carboxylic acids is 2. The van der Waals surface area contributed by atoms with E-state index in [-0.39, 0.29) is 30.2 Å². The van der Waals surface area contributed by atoms with Crippen LogP contribution in [0.3, 0.4) is 0 Å². The van der Waals surface area contributed by atoms with Gasteiger partial charge in [0.25, 0.3) is 0 Å². The minimum atomic E-state index is -0.567. The molecule has 17 heavy (non-hydrogen) atoms. The Morgan fingerprint density at radius 3 is 2.76 bits per heavy atom. The van der Waals surface area contributed by atoms with E-state index in [0.29, 0.717) is 5.02 Å². The Hall–Kier alpha value is -1.75. The molecular formula is C11H13ClN2O3. The van der Waals surface area contributed by atoms with Crippen molar-refractivity contribution in [2.24, 2.45) is 0 Å². The van der Waals surface area contributed by atoms with E-state index in [9.17, 15) is 9.59 Å². The van der Waals surface area contributed by atoms with Crippen molar-refractivity contribution in [2.75, 3.05) is 19.4 Å². The highest BCUT2D eigenvalue weighted by atomic mass is 35.5. The third-order valence-electron chi connectivity index (χ3n) is 2.07. The Balaban J connectivity index is 2.55. The van der Waals surface area contributed by atoms with E-state index in [4.69, 9.17) is 22.1 Å². The molecule has 92 valence electrons. The minimum absolute atomic E-state index is 0.0145. The average Bonchev–Trinajstić information content (AvgIpc) is 2.28. The van der Waals surface area contributed by atoms with Crippen LogP contribution in [-0.4, -0.2) is 25.5 Å². The van der Waals surface area contributed by atoms with Gasteiger partial charge in [-0.05, 0) is 18.2 Å². The molecule has 0 aliphatic heterocycles. The van der Waals surface area contributed by atoms with Crippen LogP contribution in [0, 0.1) is 0 Å². The first-order valence-electron chi connectivity index (χ1n) is 4.97. The Morgan fingerprint density at radius 2 is 2.18 bits per heavy atom. The molecule has 0 aromatic heterocycles. The van der Waals surface area contributed by atoms with Crippen LogP contribution in [0.2, 0.25) is 5.02 Å². The number of hydrogen-bond acceptors (Lipinski definition) is 4. The van der Waals surface area contributed by atoms with E-state index in [1.54, 1.807) is 6.07 Å². The van der Waals surface area contributed by atoms with Gasteiger partial charge < -0.3 is 15.8 Å². The van der Waals surface area contributed by atoms with Crippen LogP contribution in [0.1, 0.15) is 16.8 Å². The monoisotopic (exact) mass is 256 g/mol. The molecule has 5 nitrogen and oxygen atoms in total. The van der Waals surface area contributed by atoms with Crippen molar-refractivity contribution in [2.45, 2.75) is 6.42 Å². The Bertz CT molecular complexity index is 435. The lowest BCUT2D eigenvalue weighted by atomic mass is 10.2. The maximum atomic E-state index is 11.6. The number of ether oxygens (including phenoxy) is 1. The highest BCUT2D eigenvalue weighted by Gasteiger charge is 2.11. The summed E-state index contributed by atoms with van der Waals surface area (Å²) in [4.78, 5) is 22.5. The number of anilines is 1. The SMILES string of the molecule is CNC(=O)CCOC(=O)c1ccc(Cl)cc1N. The second-order valence-electron chi connectivity index (χ2n) is 3.29. The molecule has 0 saturated carbocycles. The normalized spacial score (nSPS) is 9.76. The highest BCUT2D eigenvalue weighted by Crippen LogP contribution is 2.18. The highest BCUT2D eigenvalue weighted by molar-refractivity contribution is 6.31. The van der Waals surface area contributed by atoms with Gasteiger partial charge in [0.05, 0.1) is 12.0 Å². The Morgan fingerprint density at radius 1 is 1.47 bits per heavy atom. The molecule has 1 rings (SSSR count). The van der Waals surface area contributed by atoms with Gasteiger partial charge in [0.15, 0.2) is 0 Å². The third-order valence-corrected chi connectivity index (χ3v) is 2.31. The third kappa shape index (κ3) is 3.96. The second-order valence-corrected chi connectivity index (χ2v) is 3.73. The predicted molar refractivity (Wildman–Crippen MR) is 64.8 cm³/mol. The summed E-state index contributed by atoms with van der Waals surface area (Å²) >= 11 is 5.70. The minimum Gasteiger partial charge on any atom is -0.461 e. The number of nitrogens with one attached hydrogen (secondary N) is 1. The number of hydrogen-bond donors (Lipinski definition) is 2. The van der Waals surface area contributed by atoms with E-state index >= 15 is 0 Å². The summed E-state index contributed by atoms with van der Waals surface area (Å²) in [5, 5.41) is 2.87. The van der Waals surface area contributed by atoms with Gasteiger partial charge in [-0.25, -0.2) is 4.79 Å². The number of benzene rings is 1. The summed E-state index contributed by atoms with van der Waals surface area (Å²) in [7, 11) is 1.52. The fourth-order valence-electron chi connectivity index (χ4n) is 1.16. The molecule has 0 saturated heterocycles. The van der Waals surface area contributed by atoms with Gasteiger partial charge in [0.2, 0.25) is 5.91 Å². The molecule has 0 unspecified atom stereocenters. The molecule has 1 amide bonds. The Labute approximate surface area is 104 Å². The molecule has 0 atom stereocenters. The largest absolute Gasteiger partial charge is 0.461 e. The number of rotatable bonds is 4. The standard InChI is InChI=1S/C11H13ClN2O3/c1-14-10(15)4-5-17-11(16)8-3-2-7(12)6-9(8)13/h2-3,6H,4-5,13H2,1H3,(H,14,15). The fourth-order valence-corrected chi connectivity index (χ4v) is 1.34. The van der Waals surface area contributed by atoms with Gasteiger partial charge in [-0.1, -0.05) is 11.6 Å². The lowest BCUT2D eigenvalue weighted by Gasteiger charge is -2.06. The van der Waals surface area contributed by atoms with Crippen LogP contribution in [0.25, 0.3) is 0 Å². The Kier molecular flexibility index (Phi) is 4.78. The van der Waals surface area contributed by atoms with Crippen LogP contribution < -0.4 is 11.1 Å². The number of amides is 1. The molecule has 6 heteroatoms. The zero-order chi connectivity index (χ0) is 12.8. The molecule has 0 heterocycles. The van der Waals surface area contributed by atoms with E-state index in [0.717, 1.165) is 0 Å². The lowest BCUT2D eigenvalue weighted by Crippen LogP contribution is -2.20. The molecule has 0 aliphatic carbocycles. The van der Waals surface area contributed by atoms with E-state index in [1.165, 1.54) is 19.2 Å². The summed E-state index contributed by atoms with van der Waals surface area (Å²) in [6.45, 7) is 0.0145. The van der Waals surface area contributed by atoms with Gasteiger partial charge in [0.1, 0.15) is 6.61 Å². The maximum absolute atomic E-state index is 11.6. The van der Waals surface area contributed by atoms with Crippen LogP contribution in [0.5, 0.6) is 0 Å². The topological polar surface area (TPSA) is 81.4 Å². The van der Waals surface area contributed by atoms with Crippen LogP contribution in [0.4, 0.5) is 5.69 Å². The first-order valence-corrected chi connectivity index (χ1v) is 5.35. The summed E-state index contributed by atoms with van der Waals surface area (Å²) in [5.41, 5.74) is 6.11. The number of nitrogens with two attached hydrogens (primary N) is 1. The molecule has 0 radical (unpaired) electrons. The number of esters is 1.